The molecule has 0 N–H and O–H groups in total. The van der Waals surface area contributed by atoms with E-state index in [1.54, 1.807) is 17.5 Å². The number of thiophene rings is 1. The van der Waals surface area contributed by atoms with Crippen molar-refractivity contribution in [1.29, 1.82) is 0 Å². The maximum Gasteiger partial charge on any atom is 0.272 e. The fourth-order valence-corrected chi connectivity index (χ4v) is 5.46. The highest BCUT2D eigenvalue weighted by atomic mass is 32.2. The summed E-state index contributed by atoms with van der Waals surface area (Å²) in [5.41, 5.74) is 0.533. The number of aromatic nitrogens is 4. The zero-order valence-electron chi connectivity index (χ0n) is 11.9. The average Bonchev–Trinajstić information content (AvgIpc) is 2.98. The first-order valence-corrected chi connectivity index (χ1v) is 9.60. The van der Waals surface area contributed by atoms with Crippen molar-refractivity contribution in [2.45, 2.75) is 30.3 Å². The molecule has 1 aliphatic carbocycles. The van der Waals surface area contributed by atoms with E-state index in [-0.39, 0.29) is 16.6 Å². The van der Waals surface area contributed by atoms with Crippen molar-refractivity contribution in [3.8, 4) is 0 Å². The predicted octanol–water partition coefficient (Wildman–Crippen LogP) is 1.11. The molecule has 4 rings (SSSR count). The normalized spacial score (nSPS) is 16.4. The van der Waals surface area contributed by atoms with Crippen LogP contribution in [0.2, 0.25) is 0 Å². The first-order valence-electron chi connectivity index (χ1n) is 7.01. The molecule has 1 saturated carbocycles. The molecule has 1 aliphatic rings. The van der Waals surface area contributed by atoms with Gasteiger partial charge in [-0.25, -0.2) is 8.42 Å². The molecule has 1 fully saturated rings. The molecule has 22 heavy (non-hydrogen) atoms. The Hall–Kier alpha value is -1.74. The quantitative estimate of drug-likeness (QED) is 0.714. The molecule has 7 nitrogen and oxygen atoms in total. The summed E-state index contributed by atoms with van der Waals surface area (Å²) in [4.78, 5) is 12.2. The summed E-state index contributed by atoms with van der Waals surface area (Å²) >= 11 is 1.34. The van der Waals surface area contributed by atoms with Gasteiger partial charge in [-0.2, -0.15) is 0 Å². The lowest BCUT2D eigenvalue weighted by atomic mass is 10.0. The Bertz CT molecular complexity index is 1040. The van der Waals surface area contributed by atoms with Gasteiger partial charge in [0.1, 0.15) is 10.5 Å². The molecule has 0 amide bonds. The fourth-order valence-electron chi connectivity index (χ4n) is 2.77. The molecule has 0 bridgehead atoms. The largest absolute Gasteiger partial charge is 0.279 e. The van der Waals surface area contributed by atoms with Crippen LogP contribution in [0.15, 0.2) is 16.2 Å². The SMILES string of the molecule is Cn1c(=O)c2sccc2n2c(CS(=O)(=O)C3CCC3)nnc12. The molecule has 0 unspecified atom stereocenters. The number of hydrogen-bond donors (Lipinski definition) is 0. The zero-order chi connectivity index (χ0) is 15.5. The molecule has 0 atom stereocenters. The second kappa shape index (κ2) is 4.63. The van der Waals surface area contributed by atoms with E-state index in [0.717, 1.165) is 19.3 Å². The minimum atomic E-state index is -3.22. The lowest BCUT2D eigenvalue weighted by Gasteiger charge is -2.24. The van der Waals surface area contributed by atoms with E-state index in [1.807, 2.05) is 5.38 Å². The lowest BCUT2D eigenvalue weighted by molar-refractivity contribution is 0.475. The summed E-state index contributed by atoms with van der Waals surface area (Å²) in [5, 5.41) is 9.60. The molecule has 3 aromatic heterocycles. The van der Waals surface area contributed by atoms with Crippen LogP contribution >= 0.6 is 11.3 Å². The summed E-state index contributed by atoms with van der Waals surface area (Å²) < 4.78 is 28.5. The standard InChI is InChI=1S/C13H14N4O3S2/c1-16-12(18)11-9(5-6-21-11)17-10(14-15-13(16)17)7-22(19,20)8-3-2-4-8/h5-6,8H,2-4,7H2,1H3. The van der Waals surface area contributed by atoms with Gasteiger partial charge in [0, 0.05) is 7.05 Å². The Labute approximate surface area is 130 Å². The van der Waals surface area contributed by atoms with E-state index in [0.29, 0.717) is 21.8 Å². The molecular weight excluding hydrogens is 324 g/mol. The Morgan fingerprint density at radius 1 is 1.36 bits per heavy atom. The van der Waals surface area contributed by atoms with Gasteiger partial charge in [-0.1, -0.05) is 6.42 Å². The van der Waals surface area contributed by atoms with Crippen LogP contribution in [0.4, 0.5) is 0 Å². The predicted molar refractivity (Wildman–Crippen MR) is 83.9 cm³/mol. The molecule has 116 valence electrons. The number of fused-ring (bicyclic) bond motifs is 3. The van der Waals surface area contributed by atoms with Crippen LogP contribution in [0.25, 0.3) is 16.0 Å². The van der Waals surface area contributed by atoms with E-state index < -0.39 is 9.84 Å². The molecule has 0 radical (unpaired) electrons. The van der Waals surface area contributed by atoms with Gasteiger partial charge in [-0.3, -0.25) is 13.8 Å². The third-order valence-corrected chi connectivity index (χ3v) is 7.33. The number of rotatable bonds is 3. The minimum Gasteiger partial charge on any atom is -0.279 e. The lowest BCUT2D eigenvalue weighted by Crippen LogP contribution is -2.30. The number of sulfone groups is 1. The Balaban J connectivity index is 1.94. The van der Waals surface area contributed by atoms with Gasteiger partial charge in [0.25, 0.3) is 5.56 Å². The molecular formula is C13H14N4O3S2. The monoisotopic (exact) mass is 338 g/mol. The van der Waals surface area contributed by atoms with Crippen molar-refractivity contribution in [3.05, 3.63) is 27.6 Å². The average molecular weight is 338 g/mol. The van der Waals surface area contributed by atoms with Gasteiger partial charge in [0.05, 0.1) is 10.8 Å². The van der Waals surface area contributed by atoms with Crippen LogP contribution in [0, 0.1) is 0 Å². The number of nitrogens with zero attached hydrogens (tertiary/aromatic N) is 4. The van der Waals surface area contributed by atoms with E-state index in [9.17, 15) is 13.2 Å². The van der Waals surface area contributed by atoms with Gasteiger partial charge in [-0.05, 0) is 24.3 Å². The first-order chi connectivity index (χ1) is 10.5. The maximum absolute atomic E-state index is 12.4. The minimum absolute atomic E-state index is 0.137. The van der Waals surface area contributed by atoms with Gasteiger partial charge < -0.3 is 0 Å². The maximum atomic E-state index is 12.4. The molecule has 9 heteroatoms. The van der Waals surface area contributed by atoms with Crippen molar-refractivity contribution in [1.82, 2.24) is 19.2 Å². The first kappa shape index (κ1) is 13.9. The summed E-state index contributed by atoms with van der Waals surface area (Å²) in [5.74, 6) is 0.609. The van der Waals surface area contributed by atoms with Crippen molar-refractivity contribution < 1.29 is 8.42 Å². The van der Waals surface area contributed by atoms with Crippen molar-refractivity contribution >= 4 is 37.2 Å². The topological polar surface area (TPSA) is 86.3 Å². The second-order valence-electron chi connectivity index (χ2n) is 5.61. The van der Waals surface area contributed by atoms with Gasteiger partial charge in [0.2, 0.25) is 5.78 Å². The number of hydrogen-bond acceptors (Lipinski definition) is 6. The molecule has 3 heterocycles. The van der Waals surface area contributed by atoms with Crippen LogP contribution in [-0.4, -0.2) is 32.8 Å². The zero-order valence-corrected chi connectivity index (χ0v) is 13.5. The van der Waals surface area contributed by atoms with Crippen molar-refractivity contribution in [2.75, 3.05) is 0 Å². The van der Waals surface area contributed by atoms with E-state index in [1.165, 1.54) is 15.9 Å². The molecule has 0 spiro atoms. The molecule has 0 saturated heterocycles. The van der Waals surface area contributed by atoms with Crippen LogP contribution < -0.4 is 5.56 Å². The fraction of sp³-hybridized carbons (Fsp3) is 0.462. The summed E-state index contributed by atoms with van der Waals surface area (Å²) in [7, 11) is -1.60. The van der Waals surface area contributed by atoms with Gasteiger partial charge in [-0.15, -0.1) is 21.5 Å². The molecule has 0 aliphatic heterocycles. The summed E-state index contributed by atoms with van der Waals surface area (Å²) in [6.45, 7) is 0. The van der Waals surface area contributed by atoms with Crippen LogP contribution in [0.3, 0.4) is 0 Å². The van der Waals surface area contributed by atoms with Crippen LogP contribution in [0.1, 0.15) is 25.1 Å². The highest BCUT2D eigenvalue weighted by Crippen LogP contribution is 2.29. The van der Waals surface area contributed by atoms with E-state index in [4.69, 9.17) is 0 Å². The third kappa shape index (κ3) is 1.85. The van der Waals surface area contributed by atoms with Crippen LogP contribution in [0.5, 0.6) is 0 Å². The van der Waals surface area contributed by atoms with Gasteiger partial charge >= 0.3 is 0 Å². The third-order valence-electron chi connectivity index (χ3n) is 4.29. The Morgan fingerprint density at radius 2 is 2.14 bits per heavy atom. The number of aryl methyl sites for hydroxylation is 1. The highest BCUT2D eigenvalue weighted by molar-refractivity contribution is 7.91. The van der Waals surface area contributed by atoms with Gasteiger partial charge in [0.15, 0.2) is 15.7 Å². The van der Waals surface area contributed by atoms with Crippen molar-refractivity contribution in [3.63, 3.8) is 0 Å². The molecule has 0 aromatic carbocycles. The van der Waals surface area contributed by atoms with Crippen LogP contribution in [-0.2, 0) is 22.6 Å². The molecule has 3 aromatic rings. The highest BCUT2D eigenvalue weighted by Gasteiger charge is 2.33. The summed E-state index contributed by atoms with van der Waals surface area (Å²) in [6.07, 6.45) is 2.42. The Kier molecular flexibility index (Phi) is 2.92. The van der Waals surface area contributed by atoms with Crippen molar-refractivity contribution in [2.24, 2.45) is 7.05 Å². The van der Waals surface area contributed by atoms with E-state index in [2.05, 4.69) is 10.2 Å². The second-order valence-corrected chi connectivity index (χ2v) is 8.81. The smallest absolute Gasteiger partial charge is 0.272 e. The van der Waals surface area contributed by atoms with E-state index >= 15 is 0 Å². The Morgan fingerprint density at radius 3 is 2.82 bits per heavy atom. The summed E-state index contributed by atoms with van der Waals surface area (Å²) in [6, 6.07) is 1.80.